The number of hydrogen-bond donors (Lipinski definition) is 1. The highest BCUT2D eigenvalue weighted by Gasteiger charge is 2.16. The molecule has 1 heterocycles. The second-order valence-electron chi connectivity index (χ2n) is 6.57. The molecule has 1 amide bonds. The second-order valence-corrected chi connectivity index (χ2v) is 6.57. The Morgan fingerprint density at radius 3 is 2.29 bits per heavy atom. The molecule has 6 heteroatoms. The molecule has 0 unspecified atom stereocenters. The molecule has 0 saturated heterocycles. The molecule has 0 aliphatic rings. The summed E-state index contributed by atoms with van der Waals surface area (Å²) >= 11 is 0. The number of benzene rings is 2. The zero-order chi connectivity index (χ0) is 20.3. The third kappa shape index (κ3) is 4.46. The van der Waals surface area contributed by atoms with Gasteiger partial charge in [0, 0.05) is 11.3 Å². The first-order valence-electron chi connectivity index (χ1n) is 8.74. The third-order valence-corrected chi connectivity index (χ3v) is 4.21. The first-order valence-corrected chi connectivity index (χ1v) is 8.74. The molecular formula is C22H20FNO4. The first-order chi connectivity index (χ1) is 13.3. The monoisotopic (exact) mass is 381 g/mol. The van der Waals surface area contributed by atoms with Crippen molar-refractivity contribution >= 4 is 17.6 Å². The molecule has 5 nitrogen and oxygen atoms in total. The van der Waals surface area contributed by atoms with Gasteiger partial charge in [0.05, 0.1) is 0 Å². The SMILES string of the molecule is Cc1cc(C)c(NC(=O)COC(=O)c2ccc(-c3ccc(F)cc3)o2)c(C)c1. The molecule has 0 bridgehead atoms. The zero-order valence-corrected chi connectivity index (χ0v) is 15.8. The van der Waals surface area contributed by atoms with E-state index in [0.717, 1.165) is 16.7 Å². The minimum Gasteiger partial charge on any atom is -0.450 e. The van der Waals surface area contributed by atoms with Gasteiger partial charge in [-0.25, -0.2) is 9.18 Å². The predicted molar refractivity (Wildman–Crippen MR) is 104 cm³/mol. The number of anilines is 1. The molecule has 3 rings (SSSR count). The molecule has 0 spiro atoms. The molecule has 0 radical (unpaired) electrons. The van der Waals surface area contributed by atoms with E-state index in [1.807, 2.05) is 32.9 Å². The molecule has 0 aliphatic carbocycles. The van der Waals surface area contributed by atoms with Crippen LogP contribution in [0.25, 0.3) is 11.3 Å². The highest BCUT2D eigenvalue weighted by Crippen LogP contribution is 2.23. The Hall–Kier alpha value is -3.41. The van der Waals surface area contributed by atoms with E-state index in [2.05, 4.69) is 5.32 Å². The number of carbonyl (C=O) groups is 2. The molecule has 1 aromatic heterocycles. The molecule has 2 aromatic carbocycles. The Morgan fingerprint density at radius 2 is 1.64 bits per heavy atom. The maximum atomic E-state index is 13.0. The van der Waals surface area contributed by atoms with Gasteiger partial charge in [-0.3, -0.25) is 4.79 Å². The largest absolute Gasteiger partial charge is 0.450 e. The van der Waals surface area contributed by atoms with Gasteiger partial charge in [0.15, 0.2) is 6.61 Å². The smallest absolute Gasteiger partial charge is 0.374 e. The number of rotatable bonds is 5. The number of halogens is 1. The maximum Gasteiger partial charge on any atom is 0.374 e. The molecule has 144 valence electrons. The van der Waals surface area contributed by atoms with Crippen LogP contribution in [0.3, 0.4) is 0 Å². The minimum atomic E-state index is -0.749. The van der Waals surface area contributed by atoms with Crippen LogP contribution in [0, 0.1) is 26.6 Å². The van der Waals surface area contributed by atoms with Crippen molar-refractivity contribution in [2.45, 2.75) is 20.8 Å². The van der Waals surface area contributed by atoms with Crippen molar-refractivity contribution in [3.8, 4) is 11.3 Å². The second kappa shape index (κ2) is 8.08. The summed E-state index contributed by atoms with van der Waals surface area (Å²) in [5.41, 5.74) is 4.32. The van der Waals surface area contributed by atoms with Gasteiger partial charge in [-0.05, 0) is 68.3 Å². The maximum absolute atomic E-state index is 13.0. The first kappa shape index (κ1) is 19.4. The van der Waals surface area contributed by atoms with E-state index in [9.17, 15) is 14.0 Å². The fourth-order valence-electron chi connectivity index (χ4n) is 2.97. The Morgan fingerprint density at radius 1 is 1.00 bits per heavy atom. The lowest BCUT2D eigenvalue weighted by Crippen LogP contribution is -2.21. The molecule has 3 aromatic rings. The van der Waals surface area contributed by atoms with E-state index in [1.165, 1.54) is 18.2 Å². The van der Waals surface area contributed by atoms with Gasteiger partial charge < -0.3 is 14.5 Å². The summed E-state index contributed by atoms with van der Waals surface area (Å²) < 4.78 is 23.5. The highest BCUT2D eigenvalue weighted by atomic mass is 19.1. The van der Waals surface area contributed by atoms with Crippen LogP contribution in [0.4, 0.5) is 10.1 Å². The molecule has 0 aliphatic heterocycles. The van der Waals surface area contributed by atoms with Crippen LogP contribution in [0.5, 0.6) is 0 Å². The summed E-state index contributed by atoms with van der Waals surface area (Å²) in [5.74, 6) is -1.17. The predicted octanol–water partition coefficient (Wildman–Crippen LogP) is 4.81. The number of nitrogens with one attached hydrogen (secondary N) is 1. The topological polar surface area (TPSA) is 68.5 Å². The average Bonchev–Trinajstić information content (AvgIpc) is 3.13. The Labute approximate surface area is 162 Å². The van der Waals surface area contributed by atoms with Crippen molar-refractivity contribution in [1.29, 1.82) is 0 Å². The normalized spacial score (nSPS) is 10.6. The van der Waals surface area contributed by atoms with Crippen molar-refractivity contribution in [3.63, 3.8) is 0 Å². The Kier molecular flexibility index (Phi) is 5.59. The number of amides is 1. The van der Waals surface area contributed by atoms with Gasteiger partial charge in [-0.15, -0.1) is 0 Å². The van der Waals surface area contributed by atoms with Crippen LogP contribution in [-0.4, -0.2) is 18.5 Å². The van der Waals surface area contributed by atoms with Crippen LogP contribution in [0.2, 0.25) is 0 Å². The molecule has 0 saturated carbocycles. The van der Waals surface area contributed by atoms with Crippen molar-refractivity contribution < 1.29 is 23.1 Å². The van der Waals surface area contributed by atoms with E-state index in [1.54, 1.807) is 18.2 Å². The van der Waals surface area contributed by atoms with Crippen LogP contribution < -0.4 is 5.32 Å². The van der Waals surface area contributed by atoms with E-state index >= 15 is 0 Å². The van der Waals surface area contributed by atoms with Gasteiger partial charge in [-0.1, -0.05) is 17.7 Å². The fourth-order valence-corrected chi connectivity index (χ4v) is 2.97. The fraction of sp³-hybridized carbons (Fsp3) is 0.182. The van der Waals surface area contributed by atoms with E-state index < -0.39 is 18.5 Å². The summed E-state index contributed by atoms with van der Waals surface area (Å²) in [5, 5.41) is 2.77. The van der Waals surface area contributed by atoms with Crippen molar-refractivity contribution in [2.24, 2.45) is 0 Å². The number of hydrogen-bond acceptors (Lipinski definition) is 4. The van der Waals surface area contributed by atoms with E-state index in [0.29, 0.717) is 17.0 Å². The standard InChI is InChI=1S/C22H20FNO4/c1-13-10-14(2)21(15(3)11-13)24-20(25)12-27-22(26)19-9-8-18(28-19)16-4-6-17(23)7-5-16/h4-11H,12H2,1-3H3,(H,24,25). The summed E-state index contributed by atoms with van der Waals surface area (Å²) in [4.78, 5) is 24.3. The van der Waals surface area contributed by atoms with Gasteiger partial charge in [-0.2, -0.15) is 0 Å². The van der Waals surface area contributed by atoms with Gasteiger partial charge in [0.1, 0.15) is 11.6 Å². The zero-order valence-electron chi connectivity index (χ0n) is 15.8. The van der Waals surface area contributed by atoms with Crippen LogP contribution in [0.15, 0.2) is 52.9 Å². The molecular weight excluding hydrogens is 361 g/mol. The average molecular weight is 381 g/mol. The van der Waals surface area contributed by atoms with E-state index in [4.69, 9.17) is 9.15 Å². The number of ether oxygens (including phenoxy) is 1. The quantitative estimate of drug-likeness (QED) is 0.644. The molecule has 28 heavy (non-hydrogen) atoms. The summed E-state index contributed by atoms with van der Waals surface area (Å²) in [6.45, 7) is 5.36. The number of carbonyl (C=O) groups excluding carboxylic acids is 2. The third-order valence-electron chi connectivity index (χ3n) is 4.21. The molecule has 1 N–H and O–H groups in total. The molecule has 0 fully saturated rings. The molecule has 0 atom stereocenters. The number of aryl methyl sites for hydroxylation is 3. The van der Waals surface area contributed by atoms with Gasteiger partial charge in [0.2, 0.25) is 5.76 Å². The van der Waals surface area contributed by atoms with Gasteiger partial charge in [0.25, 0.3) is 5.91 Å². The van der Waals surface area contributed by atoms with Crippen molar-refractivity contribution in [1.82, 2.24) is 0 Å². The van der Waals surface area contributed by atoms with Crippen LogP contribution >= 0.6 is 0 Å². The summed E-state index contributed by atoms with van der Waals surface area (Å²) in [6.07, 6.45) is 0. The number of furan rings is 1. The van der Waals surface area contributed by atoms with Crippen molar-refractivity contribution in [3.05, 3.63) is 76.8 Å². The van der Waals surface area contributed by atoms with Crippen LogP contribution in [-0.2, 0) is 9.53 Å². The van der Waals surface area contributed by atoms with E-state index in [-0.39, 0.29) is 11.6 Å². The number of esters is 1. The summed E-state index contributed by atoms with van der Waals surface area (Å²) in [7, 11) is 0. The lowest BCUT2D eigenvalue weighted by molar-refractivity contribution is -0.119. The summed E-state index contributed by atoms with van der Waals surface area (Å²) in [6, 6.07) is 12.7. The highest BCUT2D eigenvalue weighted by molar-refractivity contribution is 5.95. The Bertz CT molecular complexity index is 998. The lowest BCUT2D eigenvalue weighted by atomic mass is 10.1. The Balaban J connectivity index is 1.60. The van der Waals surface area contributed by atoms with Gasteiger partial charge >= 0.3 is 5.97 Å². The van der Waals surface area contributed by atoms with Crippen LogP contribution in [0.1, 0.15) is 27.2 Å². The minimum absolute atomic E-state index is 0.0326. The lowest BCUT2D eigenvalue weighted by Gasteiger charge is -2.12. The van der Waals surface area contributed by atoms with Crippen molar-refractivity contribution in [2.75, 3.05) is 11.9 Å².